The molecule has 1 aromatic heterocycles. The molecule has 0 saturated carbocycles. The summed E-state index contributed by atoms with van der Waals surface area (Å²) in [6.45, 7) is 3.64. The maximum absolute atomic E-state index is 12.9. The Balaban J connectivity index is 1.66. The number of methoxy groups -OCH3 is 1. The fourth-order valence-electron chi connectivity index (χ4n) is 3.10. The van der Waals surface area contributed by atoms with Crippen molar-refractivity contribution in [3.8, 4) is 22.8 Å². The standard InChI is InChI=1S/C20H19N3O5S2/c1-11-4-6-16(27-3)17(8-11)30(25,26)23-20-22-19(12(2)29-20)13-5-7-15-14(9-13)21-18(24)10-28-15/h4-9H,10H2,1-3H3,(H,21,24)(H,22,23). The minimum Gasteiger partial charge on any atom is -0.495 e. The number of anilines is 2. The lowest BCUT2D eigenvalue weighted by Gasteiger charge is -2.18. The van der Waals surface area contributed by atoms with Crippen LogP contribution in [-0.4, -0.2) is 33.0 Å². The number of rotatable bonds is 5. The molecular formula is C20H19N3O5S2. The molecule has 1 aliphatic rings. The quantitative estimate of drug-likeness (QED) is 0.622. The molecule has 156 valence electrons. The Morgan fingerprint density at radius 1 is 1.20 bits per heavy atom. The van der Waals surface area contributed by atoms with Crippen LogP contribution in [0.5, 0.6) is 11.5 Å². The summed E-state index contributed by atoms with van der Waals surface area (Å²) in [5.41, 5.74) is 2.72. The molecule has 2 heterocycles. The Morgan fingerprint density at radius 3 is 2.77 bits per heavy atom. The minimum atomic E-state index is -3.89. The third-order valence-corrected chi connectivity index (χ3v) is 6.89. The zero-order valence-corrected chi connectivity index (χ0v) is 18.1. The van der Waals surface area contributed by atoms with E-state index in [1.54, 1.807) is 30.3 Å². The SMILES string of the molecule is COc1ccc(C)cc1S(=O)(=O)Nc1nc(-c2ccc3c(c2)NC(=O)CO3)c(C)s1. The van der Waals surface area contributed by atoms with E-state index >= 15 is 0 Å². The van der Waals surface area contributed by atoms with Gasteiger partial charge in [-0.05, 0) is 49.7 Å². The second-order valence-corrected chi connectivity index (χ2v) is 9.59. The van der Waals surface area contributed by atoms with Crippen LogP contribution in [0, 0.1) is 13.8 Å². The summed E-state index contributed by atoms with van der Waals surface area (Å²) in [7, 11) is -2.47. The Bertz CT molecular complexity index is 1250. The van der Waals surface area contributed by atoms with Crippen LogP contribution in [-0.2, 0) is 14.8 Å². The van der Waals surface area contributed by atoms with Crippen molar-refractivity contribution in [3.63, 3.8) is 0 Å². The highest BCUT2D eigenvalue weighted by molar-refractivity contribution is 7.93. The number of benzene rings is 2. The summed E-state index contributed by atoms with van der Waals surface area (Å²) in [5, 5.41) is 3.00. The number of thiazole rings is 1. The van der Waals surface area contributed by atoms with Crippen molar-refractivity contribution >= 4 is 38.1 Å². The second-order valence-electron chi connectivity index (χ2n) is 6.73. The van der Waals surface area contributed by atoms with Gasteiger partial charge in [0.2, 0.25) is 0 Å². The molecule has 3 aromatic rings. The molecular weight excluding hydrogens is 426 g/mol. The third kappa shape index (κ3) is 3.83. The number of carbonyl (C=O) groups excluding carboxylic acids is 1. The van der Waals surface area contributed by atoms with Gasteiger partial charge in [-0.1, -0.05) is 6.07 Å². The predicted octanol–water partition coefficient (Wildman–Crippen LogP) is 3.57. The first-order valence-corrected chi connectivity index (χ1v) is 11.3. The molecule has 4 rings (SSSR count). The molecule has 2 aromatic carbocycles. The largest absolute Gasteiger partial charge is 0.495 e. The van der Waals surface area contributed by atoms with Gasteiger partial charge in [-0.15, -0.1) is 11.3 Å². The van der Waals surface area contributed by atoms with Crippen LogP contribution in [0.2, 0.25) is 0 Å². The zero-order valence-electron chi connectivity index (χ0n) is 16.5. The van der Waals surface area contributed by atoms with E-state index in [9.17, 15) is 13.2 Å². The van der Waals surface area contributed by atoms with E-state index in [0.717, 1.165) is 16.0 Å². The molecule has 2 N–H and O–H groups in total. The van der Waals surface area contributed by atoms with E-state index in [2.05, 4.69) is 15.0 Å². The van der Waals surface area contributed by atoms with Crippen LogP contribution >= 0.6 is 11.3 Å². The number of carbonyl (C=O) groups is 1. The average molecular weight is 446 g/mol. The number of hydrogen-bond acceptors (Lipinski definition) is 7. The Labute approximate surface area is 177 Å². The van der Waals surface area contributed by atoms with Gasteiger partial charge in [-0.25, -0.2) is 13.4 Å². The molecule has 1 amide bonds. The monoisotopic (exact) mass is 445 g/mol. The van der Waals surface area contributed by atoms with Crippen LogP contribution < -0.4 is 19.5 Å². The number of ether oxygens (including phenoxy) is 2. The van der Waals surface area contributed by atoms with E-state index in [1.807, 2.05) is 19.9 Å². The summed E-state index contributed by atoms with van der Waals surface area (Å²) < 4.78 is 39.0. The van der Waals surface area contributed by atoms with Crippen LogP contribution in [0.4, 0.5) is 10.8 Å². The summed E-state index contributed by atoms with van der Waals surface area (Å²) in [6.07, 6.45) is 0. The van der Waals surface area contributed by atoms with Gasteiger partial charge in [0.15, 0.2) is 11.7 Å². The molecule has 0 fully saturated rings. The van der Waals surface area contributed by atoms with E-state index in [1.165, 1.54) is 18.4 Å². The number of nitrogens with zero attached hydrogens (tertiary/aromatic N) is 1. The lowest BCUT2D eigenvalue weighted by atomic mass is 10.1. The number of sulfonamides is 1. The molecule has 0 saturated heterocycles. The number of aromatic nitrogens is 1. The van der Waals surface area contributed by atoms with Crippen LogP contribution in [0.3, 0.4) is 0 Å². The molecule has 0 atom stereocenters. The van der Waals surface area contributed by atoms with Crippen molar-refractivity contribution in [2.24, 2.45) is 0 Å². The summed E-state index contributed by atoms with van der Waals surface area (Å²) in [6, 6.07) is 10.3. The summed E-state index contributed by atoms with van der Waals surface area (Å²) in [4.78, 5) is 16.9. The van der Waals surface area contributed by atoms with Gasteiger partial charge in [-0.2, -0.15) is 0 Å². The number of hydrogen-bond donors (Lipinski definition) is 2. The van der Waals surface area contributed by atoms with Crippen molar-refractivity contribution in [1.82, 2.24) is 4.98 Å². The van der Waals surface area contributed by atoms with Crippen molar-refractivity contribution in [2.45, 2.75) is 18.7 Å². The number of aryl methyl sites for hydroxylation is 2. The molecule has 0 radical (unpaired) electrons. The van der Waals surface area contributed by atoms with Crippen molar-refractivity contribution < 1.29 is 22.7 Å². The van der Waals surface area contributed by atoms with Crippen LogP contribution in [0.25, 0.3) is 11.3 Å². The highest BCUT2D eigenvalue weighted by Gasteiger charge is 2.23. The fourth-order valence-corrected chi connectivity index (χ4v) is 5.43. The molecule has 0 aliphatic carbocycles. The van der Waals surface area contributed by atoms with Gasteiger partial charge >= 0.3 is 0 Å². The first-order chi connectivity index (χ1) is 14.3. The Hall–Kier alpha value is -3.11. The molecule has 10 heteroatoms. The predicted molar refractivity (Wildman–Crippen MR) is 115 cm³/mol. The van der Waals surface area contributed by atoms with E-state index in [-0.39, 0.29) is 28.3 Å². The summed E-state index contributed by atoms with van der Waals surface area (Å²) >= 11 is 1.23. The lowest BCUT2D eigenvalue weighted by molar-refractivity contribution is -0.118. The molecule has 8 nitrogen and oxygen atoms in total. The van der Waals surface area contributed by atoms with E-state index in [0.29, 0.717) is 17.1 Å². The zero-order chi connectivity index (χ0) is 21.5. The van der Waals surface area contributed by atoms with Gasteiger partial charge < -0.3 is 14.8 Å². The number of amides is 1. The van der Waals surface area contributed by atoms with Gasteiger partial charge in [0, 0.05) is 10.4 Å². The van der Waals surface area contributed by atoms with Crippen molar-refractivity contribution in [3.05, 3.63) is 46.8 Å². The molecule has 0 spiro atoms. The van der Waals surface area contributed by atoms with Crippen LogP contribution in [0.1, 0.15) is 10.4 Å². The third-order valence-electron chi connectivity index (χ3n) is 4.51. The number of fused-ring (bicyclic) bond motifs is 1. The van der Waals surface area contributed by atoms with E-state index in [4.69, 9.17) is 9.47 Å². The molecule has 0 unspecified atom stereocenters. The highest BCUT2D eigenvalue weighted by Crippen LogP contribution is 2.37. The fraction of sp³-hybridized carbons (Fsp3) is 0.200. The first kappa shape index (κ1) is 20.2. The van der Waals surface area contributed by atoms with Gasteiger partial charge in [-0.3, -0.25) is 9.52 Å². The van der Waals surface area contributed by atoms with Crippen molar-refractivity contribution in [2.75, 3.05) is 23.8 Å². The van der Waals surface area contributed by atoms with Crippen molar-refractivity contribution in [1.29, 1.82) is 0 Å². The number of nitrogens with one attached hydrogen (secondary N) is 2. The molecule has 30 heavy (non-hydrogen) atoms. The van der Waals surface area contributed by atoms with Gasteiger partial charge in [0.25, 0.3) is 15.9 Å². The molecule has 1 aliphatic heterocycles. The maximum Gasteiger partial charge on any atom is 0.267 e. The smallest absolute Gasteiger partial charge is 0.267 e. The van der Waals surface area contributed by atoms with E-state index < -0.39 is 10.0 Å². The average Bonchev–Trinajstić information content (AvgIpc) is 3.06. The highest BCUT2D eigenvalue weighted by atomic mass is 32.2. The Kier molecular flexibility index (Phi) is 5.12. The Morgan fingerprint density at radius 2 is 2.00 bits per heavy atom. The first-order valence-electron chi connectivity index (χ1n) is 8.99. The second kappa shape index (κ2) is 7.62. The molecule has 0 bridgehead atoms. The lowest BCUT2D eigenvalue weighted by Crippen LogP contribution is -2.25. The maximum atomic E-state index is 12.9. The minimum absolute atomic E-state index is 0.0174. The summed E-state index contributed by atoms with van der Waals surface area (Å²) in [5.74, 6) is 0.612. The normalized spacial score (nSPS) is 13.2. The van der Waals surface area contributed by atoms with Gasteiger partial charge in [0.05, 0.1) is 18.5 Å². The topological polar surface area (TPSA) is 107 Å². The van der Waals surface area contributed by atoms with Gasteiger partial charge in [0.1, 0.15) is 16.4 Å². The van der Waals surface area contributed by atoms with Crippen LogP contribution in [0.15, 0.2) is 41.3 Å².